The van der Waals surface area contributed by atoms with E-state index in [1.54, 1.807) is 24.3 Å². The summed E-state index contributed by atoms with van der Waals surface area (Å²) in [5, 5.41) is 9.92. The zero-order valence-electron chi connectivity index (χ0n) is 54.7. The smallest absolute Gasteiger partial charge is 0.340 e. The van der Waals surface area contributed by atoms with Gasteiger partial charge in [0.1, 0.15) is 28.4 Å². The quantitative estimate of drug-likeness (QED) is 0.0395. The van der Waals surface area contributed by atoms with E-state index in [4.69, 9.17) is 14.2 Å². The fourth-order valence-electron chi connectivity index (χ4n) is 10.5. The van der Waals surface area contributed by atoms with Crippen LogP contribution >= 0.6 is 67.8 Å². The maximum absolute atomic E-state index is 13.7. The fourth-order valence-corrected chi connectivity index (χ4v) is 18.3. The lowest BCUT2D eigenvalue weighted by molar-refractivity contribution is -0.00435. The Morgan fingerprint density at radius 2 is 0.571 bits per heavy atom. The normalized spacial score (nSPS) is 11.4. The number of carbonyl (C=O) groups excluding carboxylic acids is 3. The molecule has 0 fully saturated rings. The van der Waals surface area contributed by atoms with E-state index >= 15 is 0 Å². The number of rotatable bonds is 18. The van der Waals surface area contributed by atoms with Crippen molar-refractivity contribution >= 4 is 118 Å². The number of aromatic hydroxyl groups is 1. The lowest BCUT2D eigenvalue weighted by Crippen LogP contribution is -2.26. The van der Waals surface area contributed by atoms with E-state index in [0.29, 0.717) is 18.3 Å². The minimum atomic E-state index is -0.872. The summed E-state index contributed by atoms with van der Waals surface area (Å²) < 4.78 is 33.4. The van der Waals surface area contributed by atoms with Gasteiger partial charge in [-0.2, -0.15) is 0 Å². The minimum absolute atomic E-state index is 0.0704. The molecule has 0 aliphatic heterocycles. The van der Waals surface area contributed by atoms with Crippen molar-refractivity contribution in [3.05, 3.63) is 365 Å². The van der Waals surface area contributed by atoms with Crippen molar-refractivity contribution < 1.29 is 38.1 Å². The van der Waals surface area contributed by atoms with Gasteiger partial charge < -0.3 is 19.3 Å². The highest BCUT2D eigenvalue weighted by Crippen LogP contribution is 2.38. The molecule has 0 bridgehead atoms. The number of carbonyl (C=O) groups is 3. The number of benzene rings is 12. The molecular formula is C84H71FI3O7S3+3. The predicted molar refractivity (Wildman–Crippen MR) is 419 cm³/mol. The van der Waals surface area contributed by atoms with Gasteiger partial charge in [-0.3, -0.25) is 0 Å². The molecule has 0 unspecified atom stereocenters. The molecule has 0 aliphatic rings. The summed E-state index contributed by atoms with van der Waals surface area (Å²) >= 11 is 6.20. The first-order chi connectivity index (χ1) is 47.2. The molecule has 14 heteroatoms. The standard InChI is InChI=1S/C28H23FIO2S.C28H23IO3S.C28H24IO2S/c1-28(2,32-27(31)25-19-21(29)15-18-26(25)30)20-13-16-24(17-14-20)33(22-9-5-3-6-10-22)23-11-7-4-8-12-23;1-28(2,32-27(31)20-13-18-25(29)26(30)19-20)21-14-16-24(17-15-21)33(22-9-5-3-6-10-22)23-11-7-4-8-12-23;1-28(2,31-27(30)25-15-9-10-16-26(25)29)21-17-19-24(20-18-21)32(22-11-5-3-6-12-22)23-13-7-4-8-14-23/h2*3-19H,1-2H3;3-20H,1-2H3/q+1;;+1/p+1. The van der Waals surface area contributed by atoms with Crippen molar-refractivity contribution in [1.29, 1.82) is 0 Å². The van der Waals surface area contributed by atoms with Crippen molar-refractivity contribution in [1.82, 2.24) is 0 Å². The number of phenols is 1. The van der Waals surface area contributed by atoms with Crippen LogP contribution in [0, 0.1) is 16.5 Å². The zero-order valence-corrected chi connectivity index (χ0v) is 63.6. The Balaban J connectivity index is 0.000000159. The second-order valence-corrected chi connectivity index (χ2v) is 33.4. The molecule has 1 N–H and O–H groups in total. The number of hydrogen-bond donors (Lipinski definition) is 1. The van der Waals surface area contributed by atoms with E-state index in [-0.39, 0.29) is 50.0 Å². The average molecular weight is 1690 g/mol. The minimum Gasteiger partial charge on any atom is -0.507 e. The van der Waals surface area contributed by atoms with Gasteiger partial charge in [0.05, 0.1) is 52.9 Å². The molecule has 0 spiro atoms. The molecule has 0 radical (unpaired) electrons. The molecule has 0 amide bonds. The summed E-state index contributed by atoms with van der Waals surface area (Å²) in [4.78, 5) is 49.4. The fraction of sp³-hybridized carbons (Fsp3) is 0.107. The SMILES string of the molecule is CC(C)(OC(=O)c1cc(F)ccc1I)c1ccc([S+](c2ccccc2)c2ccccc2)cc1.CC(C)(OC(=O)c1ccc(I)c(O)c1)c1ccc([S+](c2ccccc2)c2ccccc2)cc1.CC(C)(OC(=O)c1ccccc1I)c1ccc([S+](c2ccccc2)c2ccccc2)cc1. The number of phenolic OH excluding ortho intramolecular Hbond substituents is 1. The number of ether oxygens (including phenoxy) is 3. The van der Waals surface area contributed by atoms with E-state index in [9.17, 15) is 23.9 Å². The molecule has 0 saturated heterocycles. The van der Waals surface area contributed by atoms with Crippen molar-refractivity contribution in [2.45, 2.75) is 102 Å². The lowest BCUT2D eigenvalue weighted by Gasteiger charge is -2.26. The summed E-state index contributed by atoms with van der Waals surface area (Å²) in [5.74, 6) is -1.71. The molecule has 12 aromatic carbocycles. The van der Waals surface area contributed by atoms with Crippen LogP contribution in [0.3, 0.4) is 0 Å². The van der Waals surface area contributed by atoms with Gasteiger partial charge in [-0.1, -0.05) is 158 Å². The molecule has 12 aromatic rings. The first-order valence-electron chi connectivity index (χ1n) is 31.4. The molecule has 0 heterocycles. The van der Waals surface area contributed by atoms with Crippen molar-refractivity contribution in [2.24, 2.45) is 0 Å². The number of hydrogen-bond acceptors (Lipinski definition) is 7. The highest BCUT2D eigenvalue weighted by atomic mass is 127. The zero-order chi connectivity index (χ0) is 69.4. The van der Waals surface area contributed by atoms with Crippen LogP contribution in [0.15, 0.2) is 360 Å². The topological polar surface area (TPSA) is 99.1 Å². The summed E-state index contributed by atoms with van der Waals surface area (Å²) in [6.45, 7) is 11.3. The van der Waals surface area contributed by atoms with Gasteiger partial charge in [0.2, 0.25) is 0 Å². The van der Waals surface area contributed by atoms with E-state index in [2.05, 4.69) is 217 Å². The van der Waals surface area contributed by atoms with Gasteiger partial charge >= 0.3 is 17.9 Å². The van der Waals surface area contributed by atoms with E-state index in [0.717, 1.165) is 20.3 Å². The Kier molecular flexibility index (Phi) is 25.0. The molecule has 0 aromatic heterocycles. The van der Waals surface area contributed by atoms with E-state index in [1.165, 1.54) is 62.3 Å². The maximum atomic E-state index is 13.7. The van der Waals surface area contributed by atoms with Gasteiger partial charge in [-0.15, -0.1) is 0 Å². The summed E-state index contributed by atoms with van der Waals surface area (Å²) in [5.41, 5.74) is 1.44. The van der Waals surface area contributed by atoms with Crippen LogP contribution < -0.4 is 0 Å². The lowest BCUT2D eigenvalue weighted by atomic mass is 9.98. The molecule has 0 atom stereocenters. The third-order valence-electron chi connectivity index (χ3n) is 15.7. The van der Waals surface area contributed by atoms with Crippen molar-refractivity contribution in [2.75, 3.05) is 0 Å². The Hall–Kier alpha value is -7.98. The van der Waals surface area contributed by atoms with Gasteiger partial charge in [0, 0.05) is 7.14 Å². The molecule has 492 valence electrons. The van der Waals surface area contributed by atoms with Crippen LogP contribution in [-0.4, -0.2) is 23.0 Å². The molecular weight excluding hydrogens is 1620 g/mol. The second kappa shape index (κ2) is 33.7. The Morgan fingerprint density at radius 1 is 0.306 bits per heavy atom. The Bertz CT molecular complexity index is 4500. The predicted octanol–water partition coefficient (Wildman–Crippen LogP) is 22.3. The van der Waals surface area contributed by atoms with Gasteiger partial charge in [0.15, 0.2) is 44.1 Å². The third-order valence-corrected chi connectivity index (χ3v) is 25.2. The first-order valence-corrected chi connectivity index (χ1v) is 38.3. The summed E-state index contributed by atoms with van der Waals surface area (Å²) in [7, 11) is -0.680. The van der Waals surface area contributed by atoms with E-state index in [1.807, 2.05) is 166 Å². The van der Waals surface area contributed by atoms with Gasteiger partial charge in [0.25, 0.3) is 0 Å². The Labute approximate surface area is 623 Å². The average Bonchev–Trinajstić information content (AvgIpc) is 0.810. The first kappa shape index (κ1) is 72.8. The molecule has 0 aliphatic carbocycles. The summed E-state index contributed by atoms with van der Waals surface area (Å²) in [6, 6.07) is 104. The monoisotopic (exact) mass is 1690 g/mol. The number of halogens is 4. The molecule has 12 rings (SSSR count). The summed E-state index contributed by atoms with van der Waals surface area (Å²) in [6.07, 6.45) is 0. The second-order valence-electron chi connectivity index (χ2n) is 23.8. The maximum Gasteiger partial charge on any atom is 0.340 e. The van der Waals surface area contributed by atoms with Gasteiger partial charge in [-0.25, -0.2) is 18.8 Å². The van der Waals surface area contributed by atoms with Crippen LogP contribution in [0.4, 0.5) is 4.39 Å². The van der Waals surface area contributed by atoms with Crippen molar-refractivity contribution in [3.8, 4) is 5.75 Å². The van der Waals surface area contributed by atoms with Crippen LogP contribution in [0.2, 0.25) is 0 Å². The highest BCUT2D eigenvalue weighted by molar-refractivity contribution is 14.1. The van der Waals surface area contributed by atoms with Crippen LogP contribution in [0.5, 0.6) is 5.75 Å². The third kappa shape index (κ3) is 18.9. The Morgan fingerprint density at radius 3 is 0.888 bits per heavy atom. The van der Waals surface area contributed by atoms with Crippen LogP contribution in [-0.2, 0) is 63.7 Å². The van der Waals surface area contributed by atoms with Gasteiger partial charge in [-0.05, 0) is 284 Å². The highest BCUT2D eigenvalue weighted by Gasteiger charge is 2.35. The van der Waals surface area contributed by atoms with E-state index < -0.39 is 34.6 Å². The largest absolute Gasteiger partial charge is 0.507 e. The molecule has 7 nitrogen and oxygen atoms in total. The molecule has 0 saturated carbocycles. The van der Waals surface area contributed by atoms with Crippen LogP contribution in [0.25, 0.3) is 0 Å². The number of esters is 3. The van der Waals surface area contributed by atoms with Crippen LogP contribution in [0.1, 0.15) is 89.3 Å². The molecule has 98 heavy (non-hydrogen) atoms. The van der Waals surface area contributed by atoms with Crippen molar-refractivity contribution in [3.63, 3.8) is 0 Å².